The number of carbonyl (C=O) groups excluding carboxylic acids is 2. The minimum atomic E-state index is 0.133. The van der Waals surface area contributed by atoms with Crippen LogP contribution in [0.4, 0.5) is 5.69 Å². The summed E-state index contributed by atoms with van der Waals surface area (Å²) in [6.45, 7) is 2.94. The lowest BCUT2D eigenvalue weighted by Gasteiger charge is -2.32. The Morgan fingerprint density at radius 1 is 1.21 bits per heavy atom. The summed E-state index contributed by atoms with van der Waals surface area (Å²) >= 11 is 0. The number of unbranched alkanes of at least 4 members (excludes halogenated alkanes) is 2. The zero-order valence-electron chi connectivity index (χ0n) is 11.3. The normalized spacial score (nSPS) is 20.9. The second kappa shape index (κ2) is 4.80. The lowest BCUT2D eigenvalue weighted by molar-refractivity contribution is -0.119. The number of benzene rings is 1. The van der Waals surface area contributed by atoms with Crippen molar-refractivity contribution in [3.8, 4) is 0 Å². The highest BCUT2D eigenvalue weighted by Crippen LogP contribution is 2.45. The highest BCUT2D eigenvalue weighted by atomic mass is 16.2. The number of ketones is 1. The highest BCUT2D eigenvalue weighted by Gasteiger charge is 2.39. The van der Waals surface area contributed by atoms with Gasteiger partial charge in [-0.1, -0.05) is 31.9 Å². The van der Waals surface area contributed by atoms with Crippen LogP contribution in [-0.2, 0) is 4.79 Å². The molecule has 0 spiro atoms. The van der Waals surface area contributed by atoms with Crippen molar-refractivity contribution < 1.29 is 9.59 Å². The van der Waals surface area contributed by atoms with Crippen molar-refractivity contribution in [1.82, 2.24) is 0 Å². The van der Waals surface area contributed by atoms with Crippen molar-refractivity contribution in [3.05, 3.63) is 29.3 Å². The Balaban J connectivity index is 1.95. The molecular formula is C16H19NO2. The van der Waals surface area contributed by atoms with E-state index in [4.69, 9.17) is 0 Å². The molecule has 3 rings (SSSR count). The molecule has 1 atom stereocenters. The number of nitrogens with zero attached hydrogens (tertiary/aromatic N) is 1. The average molecular weight is 257 g/mol. The van der Waals surface area contributed by atoms with Crippen LogP contribution in [0.1, 0.15) is 60.9 Å². The summed E-state index contributed by atoms with van der Waals surface area (Å²) in [5.74, 6) is 0.513. The van der Waals surface area contributed by atoms with Crippen molar-refractivity contribution in [1.29, 1.82) is 0 Å². The second-order valence-corrected chi connectivity index (χ2v) is 5.52. The van der Waals surface area contributed by atoms with Gasteiger partial charge in [-0.2, -0.15) is 0 Å². The van der Waals surface area contributed by atoms with Gasteiger partial charge in [-0.3, -0.25) is 9.59 Å². The topological polar surface area (TPSA) is 37.4 Å². The van der Waals surface area contributed by atoms with Gasteiger partial charge in [0.15, 0.2) is 5.78 Å². The first-order valence-corrected chi connectivity index (χ1v) is 7.19. The number of amides is 1. The zero-order valence-corrected chi connectivity index (χ0v) is 11.3. The molecule has 1 heterocycles. The van der Waals surface area contributed by atoms with Crippen LogP contribution in [0, 0.1) is 0 Å². The number of carbonyl (C=O) groups is 2. The number of hydrogen-bond donors (Lipinski definition) is 0. The molecule has 100 valence electrons. The summed E-state index contributed by atoms with van der Waals surface area (Å²) in [6, 6.07) is 5.80. The van der Waals surface area contributed by atoms with Gasteiger partial charge in [-0.25, -0.2) is 0 Å². The number of anilines is 1. The molecule has 0 aromatic heterocycles. The van der Waals surface area contributed by atoms with Gasteiger partial charge in [0.2, 0.25) is 5.91 Å². The molecule has 0 N–H and O–H groups in total. The quantitative estimate of drug-likeness (QED) is 0.776. The van der Waals surface area contributed by atoms with Gasteiger partial charge in [-0.05, 0) is 18.1 Å². The molecule has 1 unspecified atom stereocenters. The Morgan fingerprint density at radius 3 is 2.84 bits per heavy atom. The van der Waals surface area contributed by atoms with Crippen molar-refractivity contribution in [2.75, 3.05) is 11.4 Å². The summed E-state index contributed by atoms with van der Waals surface area (Å²) in [4.78, 5) is 26.1. The molecular weight excluding hydrogens is 238 g/mol. The van der Waals surface area contributed by atoms with Gasteiger partial charge in [0.05, 0.1) is 0 Å². The molecule has 1 amide bonds. The van der Waals surface area contributed by atoms with E-state index in [-0.39, 0.29) is 17.6 Å². The van der Waals surface area contributed by atoms with Crippen LogP contribution < -0.4 is 4.90 Å². The maximum absolute atomic E-state index is 12.3. The predicted molar refractivity (Wildman–Crippen MR) is 74.6 cm³/mol. The van der Waals surface area contributed by atoms with Gasteiger partial charge in [0.25, 0.3) is 0 Å². The van der Waals surface area contributed by atoms with Crippen LogP contribution in [0.5, 0.6) is 0 Å². The van der Waals surface area contributed by atoms with Crippen molar-refractivity contribution >= 4 is 17.4 Å². The van der Waals surface area contributed by atoms with Crippen LogP contribution >= 0.6 is 0 Å². The molecule has 1 aliphatic heterocycles. The van der Waals surface area contributed by atoms with E-state index in [2.05, 4.69) is 6.92 Å². The molecule has 2 aliphatic rings. The van der Waals surface area contributed by atoms with Gasteiger partial charge in [0.1, 0.15) is 0 Å². The van der Waals surface area contributed by atoms with E-state index in [0.717, 1.165) is 42.6 Å². The van der Waals surface area contributed by atoms with E-state index < -0.39 is 0 Å². The van der Waals surface area contributed by atoms with Crippen LogP contribution in [0.15, 0.2) is 18.2 Å². The SMILES string of the molecule is CCCCCN1C(=O)CC2CC(=O)c3cccc1c32. The lowest BCUT2D eigenvalue weighted by atomic mass is 9.91. The first-order chi connectivity index (χ1) is 9.22. The van der Waals surface area contributed by atoms with Crippen LogP contribution in [0.25, 0.3) is 0 Å². The summed E-state index contributed by atoms with van der Waals surface area (Å²) in [5, 5.41) is 0. The molecule has 0 fully saturated rings. The largest absolute Gasteiger partial charge is 0.312 e. The number of rotatable bonds is 4. The molecule has 3 heteroatoms. The van der Waals surface area contributed by atoms with Crippen LogP contribution in [-0.4, -0.2) is 18.2 Å². The monoisotopic (exact) mass is 257 g/mol. The van der Waals surface area contributed by atoms with E-state index in [0.29, 0.717) is 12.8 Å². The predicted octanol–water partition coefficient (Wildman–Crippen LogP) is 3.28. The van der Waals surface area contributed by atoms with Gasteiger partial charge in [0, 0.05) is 36.6 Å². The molecule has 19 heavy (non-hydrogen) atoms. The molecule has 1 aromatic carbocycles. The first-order valence-electron chi connectivity index (χ1n) is 7.19. The molecule has 0 bridgehead atoms. The number of hydrogen-bond acceptors (Lipinski definition) is 2. The summed E-state index contributed by atoms with van der Waals surface area (Å²) < 4.78 is 0. The lowest BCUT2D eigenvalue weighted by Crippen LogP contribution is -2.36. The maximum atomic E-state index is 12.3. The van der Waals surface area contributed by atoms with Crippen LogP contribution in [0.3, 0.4) is 0 Å². The molecule has 1 aromatic rings. The summed E-state index contributed by atoms with van der Waals surface area (Å²) in [7, 11) is 0. The molecule has 0 radical (unpaired) electrons. The fourth-order valence-corrected chi connectivity index (χ4v) is 3.29. The van der Waals surface area contributed by atoms with E-state index in [9.17, 15) is 9.59 Å². The Hall–Kier alpha value is -1.64. The zero-order chi connectivity index (χ0) is 13.4. The van der Waals surface area contributed by atoms with E-state index in [1.165, 1.54) is 0 Å². The van der Waals surface area contributed by atoms with Crippen molar-refractivity contribution in [2.45, 2.75) is 44.9 Å². The molecule has 3 nitrogen and oxygen atoms in total. The smallest absolute Gasteiger partial charge is 0.227 e. The minimum absolute atomic E-state index is 0.133. The fourth-order valence-electron chi connectivity index (χ4n) is 3.29. The summed E-state index contributed by atoms with van der Waals surface area (Å²) in [5.41, 5.74) is 2.96. The second-order valence-electron chi connectivity index (χ2n) is 5.52. The Kier molecular flexibility index (Phi) is 3.13. The Bertz CT molecular complexity index is 536. The Labute approximate surface area is 113 Å². The summed E-state index contributed by atoms with van der Waals surface area (Å²) in [6.07, 6.45) is 4.34. The third-order valence-electron chi connectivity index (χ3n) is 4.22. The maximum Gasteiger partial charge on any atom is 0.227 e. The number of Topliss-reactive ketones (excluding diaryl/α,β-unsaturated/α-hetero) is 1. The highest BCUT2D eigenvalue weighted by molar-refractivity contribution is 6.08. The third-order valence-corrected chi connectivity index (χ3v) is 4.22. The van der Waals surface area contributed by atoms with E-state index >= 15 is 0 Å². The molecule has 0 saturated heterocycles. The van der Waals surface area contributed by atoms with Crippen LogP contribution in [0.2, 0.25) is 0 Å². The third kappa shape index (κ3) is 1.97. The Morgan fingerprint density at radius 2 is 2.05 bits per heavy atom. The minimum Gasteiger partial charge on any atom is -0.312 e. The van der Waals surface area contributed by atoms with E-state index in [1.54, 1.807) is 0 Å². The average Bonchev–Trinajstić information content (AvgIpc) is 2.71. The molecule has 1 aliphatic carbocycles. The van der Waals surface area contributed by atoms with E-state index in [1.807, 2.05) is 23.1 Å². The van der Waals surface area contributed by atoms with Crippen molar-refractivity contribution in [3.63, 3.8) is 0 Å². The fraction of sp³-hybridized carbons (Fsp3) is 0.500. The standard InChI is InChI=1S/C16H19NO2/c1-2-3-4-8-17-13-7-5-6-12-14(18)9-11(16(12)13)10-15(17)19/h5-7,11H,2-4,8-10H2,1H3. The van der Waals surface area contributed by atoms with Crippen molar-refractivity contribution in [2.24, 2.45) is 0 Å². The van der Waals surface area contributed by atoms with Gasteiger partial charge in [-0.15, -0.1) is 0 Å². The molecule has 0 saturated carbocycles. The first kappa shape index (κ1) is 12.4. The van der Waals surface area contributed by atoms with Gasteiger partial charge >= 0.3 is 0 Å². The van der Waals surface area contributed by atoms with Gasteiger partial charge < -0.3 is 4.90 Å².